The van der Waals surface area contributed by atoms with Gasteiger partial charge in [0.2, 0.25) is 17.7 Å². The molecule has 9 nitrogen and oxygen atoms in total. The van der Waals surface area contributed by atoms with Crippen molar-refractivity contribution in [3.63, 3.8) is 0 Å². The van der Waals surface area contributed by atoms with Crippen LogP contribution in [-0.2, 0) is 25.7 Å². The molecule has 3 N–H and O–H groups in total. The fourth-order valence-corrected chi connectivity index (χ4v) is 5.79. The van der Waals surface area contributed by atoms with Gasteiger partial charge in [0.25, 0.3) is 0 Å². The third-order valence-electron chi connectivity index (χ3n) is 6.86. The maximum absolute atomic E-state index is 13.7. The van der Waals surface area contributed by atoms with E-state index in [1.807, 2.05) is 57.5 Å². The van der Waals surface area contributed by atoms with Gasteiger partial charge in [-0.25, -0.2) is 4.98 Å². The van der Waals surface area contributed by atoms with Crippen LogP contribution >= 0.6 is 27.3 Å². The van der Waals surface area contributed by atoms with Gasteiger partial charge in [0, 0.05) is 37.9 Å². The number of nitrogens with zero attached hydrogens (tertiary/aromatic N) is 2. The number of β-amino-alcohol motifs (C(OH)–C–C–N with tert-alkyl or cyclic N) is 1. The maximum Gasteiger partial charge on any atom is 0.246 e. The van der Waals surface area contributed by atoms with Crippen LogP contribution < -0.4 is 10.6 Å². The zero-order valence-electron chi connectivity index (χ0n) is 23.7. The van der Waals surface area contributed by atoms with Crippen molar-refractivity contribution in [3.8, 4) is 10.4 Å². The van der Waals surface area contributed by atoms with Crippen molar-refractivity contribution in [2.24, 2.45) is 5.41 Å². The lowest BCUT2D eigenvalue weighted by Crippen LogP contribution is -2.57. The van der Waals surface area contributed by atoms with Crippen LogP contribution in [0.3, 0.4) is 0 Å². The molecule has 2 aromatic rings. The van der Waals surface area contributed by atoms with E-state index in [1.54, 1.807) is 11.3 Å². The van der Waals surface area contributed by atoms with Crippen LogP contribution in [0.15, 0.2) is 29.8 Å². The Hall–Kier alpha value is -2.34. The van der Waals surface area contributed by atoms with E-state index in [9.17, 15) is 19.5 Å². The molecule has 1 saturated heterocycles. The smallest absolute Gasteiger partial charge is 0.246 e. The number of aromatic nitrogens is 1. The highest BCUT2D eigenvalue weighted by Crippen LogP contribution is 2.28. The molecule has 40 heavy (non-hydrogen) atoms. The van der Waals surface area contributed by atoms with Crippen LogP contribution in [0, 0.1) is 12.3 Å². The van der Waals surface area contributed by atoms with Crippen molar-refractivity contribution >= 4 is 45.0 Å². The third kappa shape index (κ3) is 9.09. The summed E-state index contributed by atoms with van der Waals surface area (Å²) in [6, 6.07) is 6.25. The van der Waals surface area contributed by atoms with E-state index >= 15 is 0 Å². The van der Waals surface area contributed by atoms with E-state index in [4.69, 9.17) is 4.74 Å². The van der Waals surface area contributed by atoms with Gasteiger partial charge in [-0.3, -0.25) is 14.4 Å². The minimum Gasteiger partial charge on any atom is -0.391 e. The quantitative estimate of drug-likeness (QED) is 0.227. The molecule has 0 unspecified atom stereocenters. The molecule has 1 aliphatic heterocycles. The number of unbranched alkanes of at least 4 members (excludes halogenated alkanes) is 1. The Morgan fingerprint density at radius 3 is 2.55 bits per heavy atom. The number of carbonyl (C=O) groups excluding carboxylic acids is 3. The summed E-state index contributed by atoms with van der Waals surface area (Å²) in [6.45, 7) is 8.77. The lowest BCUT2D eigenvalue weighted by atomic mass is 9.85. The summed E-state index contributed by atoms with van der Waals surface area (Å²) in [5, 5.41) is 17.1. The SMILES string of the molecule is Cc1ncsc1-c1ccc(CNC(=O)[C@@H]2C[C@@H](O)CN2C(=O)[C@@H](NC(=O)CCOCCCCBr)C(C)(C)C)cc1. The van der Waals surface area contributed by atoms with Crippen LogP contribution in [0.2, 0.25) is 0 Å². The molecular formula is C29H41BrN4O5S. The van der Waals surface area contributed by atoms with E-state index in [-0.39, 0.29) is 43.7 Å². The summed E-state index contributed by atoms with van der Waals surface area (Å²) in [6.07, 6.45) is 1.39. The van der Waals surface area contributed by atoms with Crippen molar-refractivity contribution in [1.82, 2.24) is 20.5 Å². The van der Waals surface area contributed by atoms with E-state index in [0.717, 1.165) is 39.9 Å². The first kappa shape index (κ1) is 32.2. The second-order valence-electron chi connectivity index (χ2n) is 11.2. The number of benzene rings is 1. The first-order chi connectivity index (χ1) is 19.0. The third-order valence-corrected chi connectivity index (χ3v) is 8.40. The molecule has 3 amide bonds. The summed E-state index contributed by atoms with van der Waals surface area (Å²) in [7, 11) is 0. The highest BCUT2D eigenvalue weighted by atomic mass is 79.9. The molecular weight excluding hydrogens is 596 g/mol. The molecule has 2 heterocycles. The summed E-state index contributed by atoms with van der Waals surface area (Å²) in [5.74, 6) is -0.991. The fraction of sp³-hybridized carbons (Fsp3) is 0.586. The maximum atomic E-state index is 13.7. The van der Waals surface area contributed by atoms with Crippen molar-refractivity contribution in [1.29, 1.82) is 0 Å². The van der Waals surface area contributed by atoms with Gasteiger partial charge in [0.15, 0.2) is 0 Å². The molecule has 1 fully saturated rings. The number of halogens is 1. The highest BCUT2D eigenvalue weighted by molar-refractivity contribution is 9.09. The van der Waals surface area contributed by atoms with Crippen molar-refractivity contribution < 1.29 is 24.2 Å². The molecule has 0 aliphatic carbocycles. The zero-order valence-corrected chi connectivity index (χ0v) is 26.1. The summed E-state index contributed by atoms with van der Waals surface area (Å²) >= 11 is 4.96. The van der Waals surface area contributed by atoms with E-state index in [1.165, 1.54) is 4.90 Å². The monoisotopic (exact) mass is 636 g/mol. The predicted octanol–water partition coefficient (Wildman–Crippen LogP) is 3.81. The normalized spacial score (nSPS) is 18.0. The molecule has 11 heteroatoms. The van der Waals surface area contributed by atoms with E-state index in [2.05, 4.69) is 31.5 Å². The van der Waals surface area contributed by atoms with Gasteiger partial charge in [0.05, 0.1) is 28.8 Å². The van der Waals surface area contributed by atoms with Gasteiger partial charge >= 0.3 is 0 Å². The number of likely N-dealkylation sites (tertiary alicyclic amines) is 1. The molecule has 0 saturated carbocycles. The van der Waals surface area contributed by atoms with Crippen LogP contribution in [0.5, 0.6) is 0 Å². The number of hydrogen-bond donors (Lipinski definition) is 3. The first-order valence-electron chi connectivity index (χ1n) is 13.7. The number of nitrogens with one attached hydrogen (secondary N) is 2. The minimum atomic E-state index is -0.850. The van der Waals surface area contributed by atoms with E-state index < -0.39 is 23.6 Å². The van der Waals surface area contributed by atoms with Crippen LogP contribution in [0.4, 0.5) is 0 Å². The Kier molecular flexibility index (Phi) is 12.1. The number of aliphatic hydroxyl groups is 1. The van der Waals surface area contributed by atoms with Gasteiger partial charge in [-0.2, -0.15) is 0 Å². The number of ether oxygens (including phenoxy) is 1. The molecule has 0 radical (unpaired) electrons. The van der Waals surface area contributed by atoms with Gasteiger partial charge in [-0.15, -0.1) is 11.3 Å². The first-order valence-corrected chi connectivity index (χ1v) is 15.7. The second-order valence-corrected chi connectivity index (χ2v) is 12.9. The van der Waals surface area contributed by atoms with Gasteiger partial charge in [-0.05, 0) is 36.3 Å². The zero-order chi connectivity index (χ0) is 29.3. The van der Waals surface area contributed by atoms with Gasteiger partial charge < -0.3 is 25.4 Å². The fourth-order valence-electron chi connectivity index (χ4n) is 4.58. The number of alkyl halides is 1. The number of thiazole rings is 1. The van der Waals surface area contributed by atoms with Crippen molar-refractivity contribution in [3.05, 3.63) is 41.0 Å². The average molecular weight is 638 g/mol. The number of aliphatic hydroxyl groups excluding tert-OH is 1. The van der Waals surface area contributed by atoms with Crippen molar-refractivity contribution in [2.75, 3.05) is 25.1 Å². The number of aryl methyl sites for hydroxylation is 1. The lowest BCUT2D eigenvalue weighted by Gasteiger charge is -2.35. The Morgan fingerprint density at radius 1 is 1.20 bits per heavy atom. The average Bonchev–Trinajstić information content (AvgIpc) is 3.52. The molecule has 0 spiro atoms. The lowest BCUT2D eigenvalue weighted by molar-refractivity contribution is -0.144. The number of rotatable bonds is 13. The standard InChI is InChI=1S/C29H41BrN4O5S/c1-19-25(40-18-32-19)21-9-7-20(8-10-21)16-31-27(37)23-15-22(35)17-34(23)28(38)26(29(2,3)4)33-24(36)11-14-39-13-6-5-12-30/h7-10,18,22-23,26,35H,5-6,11-17H2,1-4H3,(H,31,37)(H,33,36)/t22-,23+,26-/m1/s1. The van der Waals surface area contributed by atoms with Gasteiger partial charge in [0.1, 0.15) is 12.1 Å². The van der Waals surface area contributed by atoms with Crippen LogP contribution in [0.25, 0.3) is 10.4 Å². The molecule has 0 bridgehead atoms. The Balaban J connectivity index is 1.59. The number of hydrogen-bond acceptors (Lipinski definition) is 7. The topological polar surface area (TPSA) is 121 Å². The van der Waals surface area contributed by atoms with Gasteiger partial charge in [-0.1, -0.05) is 61.0 Å². The Morgan fingerprint density at radius 2 is 1.93 bits per heavy atom. The predicted molar refractivity (Wildman–Crippen MR) is 160 cm³/mol. The summed E-state index contributed by atoms with van der Waals surface area (Å²) in [4.78, 5) is 46.3. The largest absolute Gasteiger partial charge is 0.391 e. The second kappa shape index (κ2) is 15.0. The number of amides is 3. The van der Waals surface area contributed by atoms with Crippen LogP contribution in [-0.4, -0.2) is 76.0 Å². The Labute approximate surface area is 249 Å². The molecule has 1 aromatic heterocycles. The molecule has 1 aliphatic rings. The highest BCUT2D eigenvalue weighted by Gasteiger charge is 2.44. The van der Waals surface area contributed by atoms with Crippen molar-refractivity contribution in [2.45, 2.75) is 78.1 Å². The Bertz CT molecular complexity index is 1130. The van der Waals surface area contributed by atoms with E-state index in [0.29, 0.717) is 13.2 Å². The number of carbonyl (C=O) groups is 3. The summed E-state index contributed by atoms with van der Waals surface area (Å²) in [5.41, 5.74) is 4.19. The molecule has 1 aromatic carbocycles. The summed E-state index contributed by atoms with van der Waals surface area (Å²) < 4.78 is 5.52. The molecule has 3 atom stereocenters. The molecule has 220 valence electrons. The minimum absolute atomic E-state index is 0.0406. The molecule has 3 rings (SSSR count). The van der Waals surface area contributed by atoms with Crippen LogP contribution in [0.1, 0.15) is 57.7 Å².